The maximum Gasteiger partial charge on any atom is 0.302 e. The minimum atomic E-state index is -4.09. The van der Waals surface area contributed by atoms with E-state index in [4.69, 9.17) is 13.9 Å². The zero-order chi connectivity index (χ0) is 16.9. The normalized spacial score (nSPS) is 12.7. The van der Waals surface area contributed by atoms with Gasteiger partial charge >= 0.3 is 10.1 Å². The largest absolute Gasteiger partial charge is 0.302 e. The SMILES string of the molecule is CCO[N+](O)(COS(=O)(=O)c1cccc2ccccc12)OCC. The quantitative estimate of drug-likeness (QED) is 0.344. The summed E-state index contributed by atoms with van der Waals surface area (Å²) in [5.74, 6) is 0. The van der Waals surface area contributed by atoms with Crippen LogP contribution in [0.4, 0.5) is 0 Å². The van der Waals surface area contributed by atoms with Gasteiger partial charge in [0.05, 0.1) is 0 Å². The third kappa shape index (κ3) is 4.25. The molecule has 0 aliphatic carbocycles. The van der Waals surface area contributed by atoms with Crippen molar-refractivity contribution in [3.8, 4) is 0 Å². The van der Waals surface area contributed by atoms with Gasteiger partial charge in [-0.15, -0.1) is 14.9 Å². The fourth-order valence-electron chi connectivity index (χ4n) is 2.13. The highest BCUT2D eigenvalue weighted by molar-refractivity contribution is 7.87. The van der Waals surface area contributed by atoms with E-state index in [1.807, 2.05) is 6.07 Å². The van der Waals surface area contributed by atoms with Gasteiger partial charge in [0.25, 0.3) is 6.73 Å². The Hall–Kier alpha value is -1.55. The molecule has 0 spiro atoms. The summed E-state index contributed by atoms with van der Waals surface area (Å²) in [6, 6.07) is 11.9. The van der Waals surface area contributed by atoms with Gasteiger partial charge < -0.3 is 0 Å². The first-order valence-electron chi connectivity index (χ1n) is 7.19. The molecule has 1 N–H and O–H groups in total. The van der Waals surface area contributed by atoms with Gasteiger partial charge in [-0.3, -0.25) is 0 Å². The molecule has 2 rings (SSSR count). The Kier molecular flexibility index (Phi) is 5.69. The van der Waals surface area contributed by atoms with E-state index >= 15 is 0 Å². The molecule has 0 amide bonds. The van der Waals surface area contributed by atoms with Gasteiger partial charge in [-0.2, -0.15) is 8.42 Å². The molecule has 0 saturated carbocycles. The molecule has 0 aliphatic heterocycles. The Morgan fingerprint density at radius 2 is 1.61 bits per heavy atom. The van der Waals surface area contributed by atoms with Crippen LogP contribution in [0.25, 0.3) is 10.8 Å². The monoisotopic (exact) mass is 342 g/mol. The Bertz CT molecular complexity index is 750. The van der Waals surface area contributed by atoms with E-state index in [9.17, 15) is 13.6 Å². The molecule has 0 bridgehead atoms. The smallest absolute Gasteiger partial charge is 0.202 e. The summed E-state index contributed by atoms with van der Waals surface area (Å²) in [7, 11) is -4.09. The van der Waals surface area contributed by atoms with Crippen LogP contribution in [-0.4, -0.2) is 38.5 Å². The summed E-state index contributed by atoms with van der Waals surface area (Å²) in [6.07, 6.45) is 0. The lowest BCUT2D eigenvalue weighted by Crippen LogP contribution is -2.46. The second-order valence-corrected chi connectivity index (χ2v) is 6.24. The van der Waals surface area contributed by atoms with Gasteiger partial charge in [0.2, 0.25) is 0 Å². The van der Waals surface area contributed by atoms with Crippen LogP contribution in [0.2, 0.25) is 0 Å². The van der Waals surface area contributed by atoms with Crippen LogP contribution >= 0.6 is 0 Å². The van der Waals surface area contributed by atoms with Gasteiger partial charge in [0.1, 0.15) is 23.1 Å². The number of benzene rings is 2. The Balaban J connectivity index is 2.27. The van der Waals surface area contributed by atoms with Crippen LogP contribution in [0.5, 0.6) is 0 Å². The van der Waals surface area contributed by atoms with E-state index in [0.29, 0.717) is 5.39 Å². The molecule has 0 atom stereocenters. The summed E-state index contributed by atoms with van der Waals surface area (Å²) in [4.78, 5) is 8.57. The van der Waals surface area contributed by atoms with Crippen LogP contribution in [0, 0.1) is 0 Å². The van der Waals surface area contributed by atoms with Crippen molar-refractivity contribution in [3.63, 3.8) is 0 Å². The van der Waals surface area contributed by atoms with E-state index in [1.165, 1.54) is 6.07 Å². The lowest BCUT2D eigenvalue weighted by Gasteiger charge is -2.22. The molecule has 8 heteroatoms. The summed E-state index contributed by atoms with van der Waals surface area (Å²) >= 11 is 0. The van der Waals surface area contributed by atoms with Gasteiger partial charge in [-0.05, 0) is 25.3 Å². The molecular weight excluding hydrogens is 322 g/mol. The van der Waals surface area contributed by atoms with Gasteiger partial charge in [-0.1, -0.05) is 36.4 Å². The van der Waals surface area contributed by atoms with Crippen LogP contribution in [0.3, 0.4) is 0 Å². The Labute approximate surface area is 135 Å². The van der Waals surface area contributed by atoms with Crippen molar-refractivity contribution in [1.29, 1.82) is 0 Å². The molecule has 0 fully saturated rings. The number of hydrogen-bond acceptors (Lipinski definition) is 6. The first-order chi connectivity index (χ1) is 10.9. The fraction of sp³-hybridized carbons (Fsp3) is 0.333. The van der Waals surface area contributed by atoms with Crippen molar-refractivity contribution in [2.24, 2.45) is 0 Å². The first kappa shape index (κ1) is 17.8. The predicted octanol–water partition coefficient (Wildman–Crippen LogP) is 2.61. The molecule has 2 aromatic rings. The molecule has 0 radical (unpaired) electrons. The first-order valence-corrected chi connectivity index (χ1v) is 8.60. The maximum absolute atomic E-state index is 12.4. The highest BCUT2D eigenvalue weighted by Crippen LogP contribution is 2.24. The van der Waals surface area contributed by atoms with Gasteiger partial charge in [0, 0.05) is 5.39 Å². The highest BCUT2D eigenvalue weighted by Gasteiger charge is 2.33. The number of fused-ring (bicyclic) bond motifs is 1. The van der Waals surface area contributed by atoms with E-state index in [-0.39, 0.29) is 18.1 Å². The average Bonchev–Trinajstić information content (AvgIpc) is 2.53. The third-order valence-electron chi connectivity index (χ3n) is 3.05. The van der Waals surface area contributed by atoms with Crippen molar-refractivity contribution in [3.05, 3.63) is 42.5 Å². The molecule has 0 saturated heterocycles. The van der Waals surface area contributed by atoms with Crippen LogP contribution in [0.15, 0.2) is 47.4 Å². The van der Waals surface area contributed by atoms with Crippen molar-refractivity contribution in [2.45, 2.75) is 18.7 Å². The molecule has 126 valence electrons. The maximum atomic E-state index is 12.4. The predicted molar refractivity (Wildman–Crippen MR) is 82.4 cm³/mol. The van der Waals surface area contributed by atoms with E-state index < -0.39 is 21.8 Å². The lowest BCUT2D eigenvalue weighted by atomic mass is 10.1. The number of nitrogens with zero attached hydrogens (tertiary/aromatic N) is 1. The minimum absolute atomic E-state index is 0.0233. The molecule has 0 unspecified atom stereocenters. The van der Waals surface area contributed by atoms with Crippen LogP contribution < -0.4 is 0 Å². The molecule has 0 aromatic heterocycles. The average molecular weight is 342 g/mol. The number of quaternary nitrogens is 1. The number of rotatable bonds is 8. The Morgan fingerprint density at radius 3 is 2.26 bits per heavy atom. The molecule has 0 aliphatic rings. The van der Waals surface area contributed by atoms with Gasteiger partial charge in [0.15, 0.2) is 0 Å². The molecule has 0 heterocycles. The molecule has 2 aromatic carbocycles. The minimum Gasteiger partial charge on any atom is -0.202 e. The lowest BCUT2D eigenvalue weighted by molar-refractivity contribution is -1.37. The van der Waals surface area contributed by atoms with Gasteiger partial charge in [-0.25, -0.2) is 4.18 Å². The van der Waals surface area contributed by atoms with E-state index in [0.717, 1.165) is 5.39 Å². The molecule has 7 nitrogen and oxygen atoms in total. The topological polar surface area (TPSA) is 82.1 Å². The molecular formula is C15H20NO6S+. The van der Waals surface area contributed by atoms with Crippen LogP contribution in [-0.2, 0) is 24.0 Å². The second-order valence-electron chi connectivity index (χ2n) is 4.65. The summed E-state index contributed by atoms with van der Waals surface area (Å²) < 4.78 is 29.8. The van der Waals surface area contributed by atoms with Crippen molar-refractivity contribution < 1.29 is 32.5 Å². The van der Waals surface area contributed by atoms with Crippen molar-refractivity contribution >= 4 is 20.9 Å². The number of hydrogen-bond donors (Lipinski definition) is 1. The highest BCUT2D eigenvalue weighted by atomic mass is 32.2. The summed E-state index contributed by atoms with van der Waals surface area (Å²) in [6.45, 7) is 2.80. The number of hydroxylamine groups is 3. The zero-order valence-corrected chi connectivity index (χ0v) is 13.8. The van der Waals surface area contributed by atoms with E-state index in [1.54, 1.807) is 44.2 Å². The fourth-order valence-corrected chi connectivity index (χ4v) is 3.23. The van der Waals surface area contributed by atoms with E-state index in [2.05, 4.69) is 0 Å². The molecule has 23 heavy (non-hydrogen) atoms. The van der Waals surface area contributed by atoms with Crippen molar-refractivity contribution in [1.82, 2.24) is 0 Å². The third-order valence-corrected chi connectivity index (χ3v) is 4.36. The second kappa shape index (κ2) is 7.35. The zero-order valence-electron chi connectivity index (χ0n) is 13.0. The Morgan fingerprint density at radius 1 is 1.00 bits per heavy atom. The summed E-state index contributed by atoms with van der Waals surface area (Å²) in [5.41, 5.74) is 0. The van der Waals surface area contributed by atoms with Crippen LogP contribution in [0.1, 0.15) is 13.8 Å². The van der Waals surface area contributed by atoms with Crippen molar-refractivity contribution in [2.75, 3.05) is 19.9 Å². The summed E-state index contributed by atoms with van der Waals surface area (Å²) in [5, 5.41) is 11.4. The standard InChI is InChI=1S/C15H20NO6S/c1-3-20-16(17,21-4-2)12-22-23(18,19)15-11-7-9-13-8-5-6-10-14(13)15/h5-11,17H,3-4,12H2,1-2H3/q+1.